The van der Waals surface area contributed by atoms with Crippen molar-refractivity contribution in [3.63, 3.8) is 0 Å². The molecule has 0 fully saturated rings. The molecule has 0 saturated heterocycles. The minimum absolute atomic E-state index is 0.0878. The van der Waals surface area contributed by atoms with E-state index in [-0.39, 0.29) is 6.04 Å². The minimum Gasteiger partial charge on any atom is -0.323 e. The van der Waals surface area contributed by atoms with Gasteiger partial charge in [0.1, 0.15) is 0 Å². The van der Waals surface area contributed by atoms with E-state index in [4.69, 9.17) is 17.3 Å². The molecule has 2 N–H and O–H groups in total. The average molecular weight is 260 g/mol. The molecule has 92 valence electrons. The van der Waals surface area contributed by atoms with Crippen molar-refractivity contribution in [1.29, 1.82) is 0 Å². The van der Waals surface area contributed by atoms with Crippen molar-refractivity contribution in [2.24, 2.45) is 17.1 Å². The Kier molecular flexibility index (Phi) is 4.84. The van der Waals surface area contributed by atoms with Crippen LogP contribution in [0.2, 0.25) is 5.02 Å². The Hall–Kier alpha value is -0.0500. The van der Waals surface area contributed by atoms with Crippen LogP contribution in [0.1, 0.15) is 51.5 Å². The lowest BCUT2D eigenvalue weighted by molar-refractivity contribution is 0.287. The molecule has 2 atom stereocenters. The van der Waals surface area contributed by atoms with E-state index < -0.39 is 0 Å². The van der Waals surface area contributed by atoms with E-state index in [1.807, 2.05) is 11.4 Å². The van der Waals surface area contributed by atoms with Crippen LogP contribution in [0, 0.1) is 11.3 Å². The topological polar surface area (TPSA) is 26.0 Å². The van der Waals surface area contributed by atoms with Gasteiger partial charge in [0, 0.05) is 10.9 Å². The van der Waals surface area contributed by atoms with E-state index in [1.54, 1.807) is 11.3 Å². The highest BCUT2D eigenvalue weighted by molar-refractivity contribution is 7.10. The van der Waals surface area contributed by atoms with Crippen molar-refractivity contribution in [1.82, 2.24) is 0 Å². The molecule has 0 aliphatic carbocycles. The zero-order valence-electron chi connectivity index (χ0n) is 10.6. The van der Waals surface area contributed by atoms with Crippen LogP contribution in [0.15, 0.2) is 11.4 Å². The number of hydrogen-bond acceptors (Lipinski definition) is 2. The zero-order valence-corrected chi connectivity index (χ0v) is 12.2. The van der Waals surface area contributed by atoms with Crippen LogP contribution in [0.25, 0.3) is 0 Å². The van der Waals surface area contributed by atoms with Crippen molar-refractivity contribution >= 4 is 22.9 Å². The van der Waals surface area contributed by atoms with E-state index in [2.05, 4.69) is 27.7 Å². The highest BCUT2D eigenvalue weighted by atomic mass is 35.5. The van der Waals surface area contributed by atoms with E-state index >= 15 is 0 Å². The lowest BCUT2D eigenvalue weighted by atomic mass is 9.83. The molecule has 1 aromatic rings. The summed E-state index contributed by atoms with van der Waals surface area (Å²) in [7, 11) is 0. The maximum Gasteiger partial charge on any atom is 0.0561 e. The quantitative estimate of drug-likeness (QED) is 0.821. The average Bonchev–Trinajstić information content (AvgIpc) is 2.47. The van der Waals surface area contributed by atoms with Gasteiger partial charge >= 0.3 is 0 Å². The summed E-state index contributed by atoms with van der Waals surface area (Å²) in [5.41, 5.74) is 6.56. The summed E-state index contributed by atoms with van der Waals surface area (Å²) in [5, 5.41) is 2.83. The van der Waals surface area contributed by atoms with Gasteiger partial charge in [0.15, 0.2) is 0 Å². The number of halogens is 1. The van der Waals surface area contributed by atoms with E-state index in [0.717, 1.165) is 16.3 Å². The van der Waals surface area contributed by atoms with Gasteiger partial charge in [-0.2, -0.15) is 0 Å². The predicted molar refractivity (Wildman–Crippen MR) is 74.1 cm³/mol. The van der Waals surface area contributed by atoms with E-state index in [1.165, 1.54) is 6.42 Å². The molecule has 0 aliphatic heterocycles. The molecule has 0 saturated carbocycles. The van der Waals surface area contributed by atoms with Gasteiger partial charge in [-0.3, -0.25) is 0 Å². The fraction of sp³-hybridized carbons (Fsp3) is 0.692. The van der Waals surface area contributed by atoms with Crippen molar-refractivity contribution < 1.29 is 0 Å². The molecule has 0 spiro atoms. The van der Waals surface area contributed by atoms with Crippen LogP contribution >= 0.6 is 22.9 Å². The van der Waals surface area contributed by atoms with Gasteiger partial charge in [-0.25, -0.2) is 0 Å². The Morgan fingerprint density at radius 3 is 2.50 bits per heavy atom. The fourth-order valence-corrected chi connectivity index (χ4v) is 3.45. The number of thiophene rings is 1. The van der Waals surface area contributed by atoms with Crippen LogP contribution < -0.4 is 5.73 Å². The summed E-state index contributed by atoms with van der Waals surface area (Å²) < 4.78 is 0. The first-order chi connectivity index (χ1) is 7.29. The molecular weight excluding hydrogens is 238 g/mol. The first-order valence-electron chi connectivity index (χ1n) is 5.78. The molecule has 1 aromatic heterocycles. The normalized spacial score (nSPS) is 16.1. The second kappa shape index (κ2) is 5.52. The molecule has 3 heteroatoms. The summed E-state index contributed by atoms with van der Waals surface area (Å²) in [6.07, 6.45) is 2.21. The maximum atomic E-state index is 6.19. The fourth-order valence-electron chi connectivity index (χ4n) is 2.24. The Morgan fingerprint density at radius 1 is 1.44 bits per heavy atom. The number of rotatable bonds is 4. The molecule has 0 bridgehead atoms. The van der Waals surface area contributed by atoms with Crippen LogP contribution in [0.5, 0.6) is 0 Å². The molecule has 0 radical (unpaired) electrons. The Balaban J connectivity index is 2.52. The van der Waals surface area contributed by atoms with Crippen LogP contribution in [-0.4, -0.2) is 0 Å². The third-order valence-electron chi connectivity index (χ3n) is 2.60. The van der Waals surface area contributed by atoms with E-state index in [9.17, 15) is 0 Å². The van der Waals surface area contributed by atoms with Gasteiger partial charge in [0.2, 0.25) is 0 Å². The van der Waals surface area contributed by atoms with Crippen LogP contribution in [0.4, 0.5) is 0 Å². The summed E-state index contributed by atoms with van der Waals surface area (Å²) in [4.78, 5) is 1.13. The lowest BCUT2D eigenvalue weighted by Gasteiger charge is -2.25. The van der Waals surface area contributed by atoms with Gasteiger partial charge in [0.25, 0.3) is 0 Å². The molecule has 1 rings (SSSR count). The molecule has 0 aromatic carbocycles. The van der Waals surface area contributed by atoms with Crippen LogP contribution in [-0.2, 0) is 0 Å². The summed E-state index contributed by atoms with van der Waals surface area (Å²) in [6.45, 7) is 9.08. The Morgan fingerprint density at radius 2 is 2.06 bits per heavy atom. The third kappa shape index (κ3) is 4.44. The van der Waals surface area contributed by atoms with Gasteiger partial charge in [-0.05, 0) is 35.6 Å². The Bertz CT molecular complexity index is 327. The molecule has 1 nitrogen and oxygen atoms in total. The van der Waals surface area contributed by atoms with Crippen LogP contribution in [0.3, 0.4) is 0 Å². The van der Waals surface area contributed by atoms with Crippen molar-refractivity contribution in [3.8, 4) is 0 Å². The number of hydrogen-bond donors (Lipinski definition) is 1. The zero-order chi connectivity index (χ0) is 12.3. The van der Waals surface area contributed by atoms with Crippen molar-refractivity contribution in [3.05, 3.63) is 21.3 Å². The SMILES string of the molecule is CC(CC(N)c1sccc1Cl)CC(C)(C)C. The first kappa shape index (κ1) is 14.0. The summed E-state index contributed by atoms with van der Waals surface area (Å²) >= 11 is 7.74. The second-order valence-electron chi connectivity index (χ2n) is 5.84. The van der Waals surface area contributed by atoms with Gasteiger partial charge in [-0.1, -0.05) is 39.3 Å². The third-order valence-corrected chi connectivity index (χ3v) is 4.09. The molecule has 16 heavy (non-hydrogen) atoms. The maximum absolute atomic E-state index is 6.19. The first-order valence-corrected chi connectivity index (χ1v) is 7.04. The largest absolute Gasteiger partial charge is 0.323 e. The standard InChI is InChI=1S/C13H22ClNS/c1-9(8-13(2,3)4)7-11(15)12-10(14)5-6-16-12/h5-6,9,11H,7-8,15H2,1-4H3. The monoisotopic (exact) mass is 259 g/mol. The molecular formula is C13H22ClNS. The molecule has 1 heterocycles. The van der Waals surface area contributed by atoms with Gasteiger partial charge in [0.05, 0.1) is 5.02 Å². The van der Waals surface area contributed by atoms with E-state index in [0.29, 0.717) is 11.3 Å². The molecule has 2 unspecified atom stereocenters. The molecule has 0 aliphatic rings. The number of nitrogens with two attached hydrogens (primary N) is 1. The minimum atomic E-state index is 0.0878. The Labute approximate surface area is 108 Å². The van der Waals surface area contributed by atoms with Crippen molar-refractivity contribution in [2.75, 3.05) is 0 Å². The second-order valence-corrected chi connectivity index (χ2v) is 7.20. The van der Waals surface area contributed by atoms with Crippen molar-refractivity contribution in [2.45, 2.75) is 46.6 Å². The highest BCUT2D eigenvalue weighted by Crippen LogP contribution is 2.34. The predicted octanol–water partition coefficient (Wildman–Crippen LogP) is 4.86. The van der Waals surface area contributed by atoms with Gasteiger partial charge in [-0.15, -0.1) is 11.3 Å². The lowest BCUT2D eigenvalue weighted by Crippen LogP contribution is -2.17. The smallest absolute Gasteiger partial charge is 0.0561 e. The highest BCUT2D eigenvalue weighted by Gasteiger charge is 2.19. The summed E-state index contributed by atoms with van der Waals surface area (Å²) in [6, 6.07) is 2.01. The summed E-state index contributed by atoms with van der Waals surface area (Å²) in [5.74, 6) is 0.633. The molecule has 0 amide bonds. The van der Waals surface area contributed by atoms with Gasteiger partial charge < -0.3 is 5.73 Å².